The number of rotatable bonds is 6. The molecule has 27 heavy (non-hydrogen) atoms. The molecule has 4 rings (SSSR count). The van der Waals surface area contributed by atoms with Crippen molar-refractivity contribution in [2.75, 3.05) is 0 Å². The molecule has 0 amide bonds. The third kappa shape index (κ3) is 3.93. The lowest BCUT2D eigenvalue weighted by Gasteiger charge is -2.20. The number of nitrogens with zero attached hydrogens (tertiary/aromatic N) is 2. The molecule has 3 heteroatoms. The largest absolute Gasteiger partial charge is 0.326 e. The van der Waals surface area contributed by atoms with E-state index in [1.54, 1.807) is 0 Å². The van der Waals surface area contributed by atoms with Gasteiger partial charge in [-0.2, -0.15) is 0 Å². The van der Waals surface area contributed by atoms with Gasteiger partial charge < -0.3 is 4.57 Å². The third-order valence-corrected chi connectivity index (χ3v) is 5.83. The van der Waals surface area contributed by atoms with E-state index in [4.69, 9.17) is 4.98 Å². The minimum Gasteiger partial charge on any atom is -0.326 e. The maximum absolute atomic E-state index is 5.08. The first-order valence-corrected chi connectivity index (χ1v) is 10.3. The average molecular weight is 373 g/mol. The van der Waals surface area contributed by atoms with Gasteiger partial charge >= 0.3 is 0 Å². The van der Waals surface area contributed by atoms with Crippen LogP contribution >= 0.6 is 11.8 Å². The molecule has 136 valence electrons. The molecular formula is C24H24N2S. The van der Waals surface area contributed by atoms with Crippen LogP contribution < -0.4 is 0 Å². The fourth-order valence-electron chi connectivity index (χ4n) is 3.38. The molecule has 1 aromatic heterocycles. The second-order valence-electron chi connectivity index (χ2n) is 7.18. The number of para-hydroxylation sites is 2. The quantitative estimate of drug-likeness (QED) is 0.356. The Morgan fingerprint density at radius 3 is 2.15 bits per heavy atom. The normalized spacial score (nSPS) is 12.6. The Bertz CT molecular complexity index is 1010. The van der Waals surface area contributed by atoms with E-state index in [0.29, 0.717) is 5.92 Å². The lowest BCUT2D eigenvalue weighted by atomic mass is 10.1. The molecule has 0 aliphatic carbocycles. The summed E-state index contributed by atoms with van der Waals surface area (Å²) in [6, 6.07) is 29.8. The fraction of sp³-hybridized carbons (Fsp3) is 0.208. The SMILES string of the molecule is CC(C)Cn1c(C(Sc2ccccc2)c2ccccc2)nc2ccccc21. The fourth-order valence-corrected chi connectivity index (χ4v) is 4.55. The maximum atomic E-state index is 5.08. The molecule has 0 bridgehead atoms. The summed E-state index contributed by atoms with van der Waals surface area (Å²) >= 11 is 1.87. The van der Waals surface area contributed by atoms with E-state index < -0.39 is 0 Å². The minimum absolute atomic E-state index is 0.153. The van der Waals surface area contributed by atoms with Crippen LogP contribution in [0.25, 0.3) is 11.0 Å². The second kappa shape index (κ2) is 8.01. The number of hydrogen-bond donors (Lipinski definition) is 0. The van der Waals surface area contributed by atoms with Gasteiger partial charge in [-0.05, 0) is 35.7 Å². The van der Waals surface area contributed by atoms with Gasteiger partial charge in [0.15, 0.2) is 0 Å². The van der Waals surface area contributed by atoms with Gasteiger partial charge in [0.25, 0.3) is 0 Å². The van der Waals surface area contributed by atoms with E-state index in [9.17, 15) is 0 Å². The average Bonchev–Trinajstić information content (AvgIpc) is 3.05. The smallest absolute Gasteiger partial charge is 0.127 e. The predicted molar refractivity (Wildman–Crippen MR) is 115 cm³/mol. The molecular weight excluding hydrogens is 348 g/mol. The Morgan fingerprint density at radius 1 is 0.815 bits per heavy atom. The van der Waals surface area contributed by atoms with E-state index in [1.165, 1.54) is 16.0 Å². The van der Waals surface area contributed by atoms with Crippen molar-refractivity contribution in [1.29, 1.82) is 0 Å². The maximum Gasteiger partial charge on any atom is 0.127 e. The van der Waals surface area contributed by atoms with Gasteiger partial charge in [0, 0.05) is 11.4 Å². The zero-order chi connectivity index (χ0) is 18.6. The summed E-state index contributed by atoms with van der Waals surface area (Å²) in [5.41, 5.74) is 3.57. The van der Waals surface area contributed by atoms with Gasteiger partial charge in [0.05, 0.1) is 16.3 Å². The number of hydrogen-bond acceptors (Lipinski definition) is 2. The Balaban J connectivity index is 1.86. The van der Waals surface area contributed by atoms with Crippen LogP contribution in [0.2, 0.25) is 0 Å². The molecule has 0 saturated carbocycles. The molecule has 3 aromatic carbocycles. The van der Waals surface area contributed by atoms with Crippen LogP contribution in [0.5, 0.6) is 0 Å². The Kier molecular flexibility index (Phi) is 5.30. The van der Waals surface area contributed by atoms with Crippen LogP contribution in [0.4, 0.5) is 0 Å². The number of aromatic nitrogens is 2. The molecule has 1 atom stereocenters. The first-order valence-electron chi connectivity index (χ1n) is 9.44. The van der Waals surface area contributed by atoms with E-state index in [2.05, 4.69) is 103 Å². The highest BCUT2D eigenvalue weighted by Gasteiger charge is 2.23. The van der Waals surface area contributed by atoms with Crippen LogP contribution in [0.15, 0.2) is 89.8 Å². The van der Waals surface area contributed by atoms with E-state index in [-0.39, 0.29) is 5.25 Å². The standard InChI is InChI=1S/C24H24N2S/c1-18(2)17-26-22-16-10-9-15-21(22)25-24(26)23(19-11-5-3-6-12-19)27-20-13-7-4-8-14-20/h3-16,18,23H,17H2,1-2H3. The number of imidazole rings is 1. The molecule has 0 spiro atoms. The summed E-state index contributed by atoms with van der Waals surface area (Å²) in [5, 5.41) is 0.153. The molecule has 4 aromatic rings. The van der Waals surface area contributed by atoms with Crippen LogP contribution in [-0.4, -0.2) is 9.55 Å². The van der Waals surface area contributed by atoms with Gasteiger partial charge in [-0.25, -0.2) is 4.98 Å². The lowest BCUT2D eigenvalue weighted by Crippen LogP contribution is -2.12. The van der Waals surface area contributed by atoms with Crippen molar-refractivity contribution in [1.82, 2.24) is 9.55 Å². The van der Waals surface area contributed by atoms with Crippen molar-refractivity contribution in [2.24, 2.45) is 5.92 Å². The first kappa shape index (κ1) is 17.9. The van der Waals surface area contributed by atoms with Gasteiger partial charge in [0.2, 0.25) is 0 Å². The van der Waals surface area contributed by atoms with Gasteiger partial charge in [-0.1, -0.05) is 74.5 Å². The van der Waals surface area contributed by atoms with E-state index >= 15 is 0 Å². The van der Waals surface area contributed by atoms with Crippen molar-refractivity contribution >= 4 is 22.8 Å². The van der Waals surface area contributed by atoms with Crippen molar-refractivity contribution in [3.63, 3.8) is 0 Å². The Morgan fingerprint density at radius 2 is 1.44 bits per heavy atom. The molecule has 1 unspecified atom stereocenters. The summed E-state index contributed by atoms with van der Waals surface area (Å²) in [5.74, 6) is 1.68. The summed E-state index contributed by atoms with van der Waals surface area (Å²) in [7, 11) is 0. The highest BCUT2D eigenvalue weighted by atomic mass is 32.2. The monoisotopic (exact) mass is 372 g/mol. The Hall–Kier alpha value is -2.52. The molecule has 0 aliphatic rings. The molecule has 0 radical (unpaired) electrons. The molecule has 0 fully saturated rings. The van der Waals surface area contributed by atoms with Crippen molar-refractivity contribution in [3.05, 3.63) is 96.3 Å². The summed E-state index contributed by atoms with van der Waals surface area (Å²) < 4.78 is 2.41. The summed E-state index contributed by atoms with van der Waals surface area (Å²) in [4.78, 5) is 6.34. The number of benzene rings is 3. The van der Waals surface area contributed by atoms with E-state index in [0.717, 1.165) is 17.9 Å². The van der Waals surface area contributed by atoms with Crippen molar-refractivity contribution in [3.8, 4) is 0 Å². The predicted octanol–water partition coefficient (Wildman–Crippen LogP) is 6.57. The third-order valence-electron chi connectivity index (χ3n) is 4.57. The zero-order valence-electron chi connectivity index (χ0n) is 15.7. The molecule has 2 nitrogen and oxygen atoms in total. The van der Waals surface area contributed by atoms with Gasteiger partial charge in [0.1, 0.15) is 5.82 Å². The first-order chi connectivity index (χ1) is 13.2. The van der Waals surface area contributed by atoms with E-state index in [1.807, 2.05) is 11.8 Å². The number of thioether (sulfide) groups is 1. The number of fused-ring (bicyclic) bond motifs is 1. The van der Waals surface area contributed by atoms with Crippen LogP contribution in [0, 0.1) is 5.92 Å². The highest BCUT2D eigenvalue weighted by Crippen LogP contribution is 2.41. The molecule has 0 saturated heterocycles. The van der Waals surface area contributed by atoms with Gasteiger partial charge in [-0.3, -0.25) is 0 Å². The van der Waals surface area contributed by atoms with Crippen LogP contribution in [0.1, 0.15) is 30.5 Å². The van der Waals surface area contributed by atoms with Crippen LogP contribution in [-0.2, 0) is 6.54 Å². The highest BCUT2D eigenvalue weighted by molar-refractivity contribution is 7.99. The molecule has 0 aliphatic heterocycles. The minimum atomic E-state index is 0.153. The lowest BCUT2D eigenvalue weighted by molar-refractivity contribution is 0.519. The Labute approximate surface area is 165 Å². The van der Waals surface area contributed by atoms with Gasteiger partial charge in [-0.15, -0.1) is 11.8 Å². The topological polar surface area (TPSA) is 17.8 Å². The van der Waals surface area contributed by atoms with Crippen molar-refractivity contribution < 1.29 is 0 Å². The summed E-state index contributed by atoms with van der Waals surface area (Å²) in [6.07, 6.45) is 0. The molecule has 0 N–H and O–H groups in total. The van der Waals surface area contributed by atoms with Crippen LogP contribution in [0.3, 0.4) is 0 Å². The zero-order valence-corrected chi connectivity index (χ0v) is 16.6. The van der Waals surface area contributed by atoms with Crippen molar-refractivity contribution in [2.45, 2.75) is 30.5 Å². The summed E-state index contributed by atoms with van der Waals surface area (Å²) in [6.45, 7) is 5.50. The second-order valence-corrected chi connectivity index (χ2v) is 8.36. The molecule has 1 heterocycles.